The molecule has 1 heteroatoms. The molecule has 0 amide bonds. The standard InChI is InChI=1S/C12H14O/c1-8-6-7-9(2)12-10(8)4-3-5-11(12)13/h3-4,6-7,11,13H,5H2,1-2H3/t11-/m0/s1. The van der Waals surface area contributed by atoms with Crippen molar-refractivity contribution in [2.45, 2.75) is 26.4 Å². The molecule has 1 aromatic carbocycles. The summed E-state index contributed by atoms with van der Waals surface area (Å²) in [6, 6.07) is 4.19. The smallest absolute Gasteiger partial charge is 0.0833 e. The zero-order valence-corrected chi connectivity index (χ0v) is 8.04. The van der Waals surface area contributed by atoms with Crippen molar-refractivity contribution in [2.24, 2.45) is 0 Å². The third kappa shape index (κ3) is 1.29. The molecular weight excluding hydrogens is 160 g/mol. The third-order valence-corrected chi connectivity index (χ3v) is 2.70. The van der Waals surface area contributed by atoms with E-state index in [9.17, 15) is 5.11 Å². The molecule has 1 aliphatic rings. The van der Waals surface area contributed by atoms with Crippen molar-refractivity contribution in [3.8, 4) is 0 Å². The minimum absolute atomic E-state index is 0.306. The van der Waals surface area contributed by atoms with Gasteiger partial charge in [-0.2, -0.15) is 0 Å². The highest BCUT2D eigenvalue weighted by Crippen LogP contribution is 2.32. The fraction of sp³-hybridized carbons (Fsp3) is 0.333. The molecule has 0 unspecified atom stereocenters. The zero-order valence-electron chi connectivity index (χ0n) is 8.04. The molecule has 0 spiro atoms. The van der Waals surface area contributed by atoms with E-state index in [-0.39, 0.29) is 6.10 Å². The number of fused-ring (bicyclic) bond motifs is 1. The Hall–Kier alpha value is -1.08. The molecule has 68 valence electrons. The van der Waals surface area contributed by atoms with Crippen LogP contribution in [0.3, 0.4) is 0 Å². The average Bonchev–Trinajstić information content (AvgIpc) is 2.12. The maximum atomic E-state index is 9.82. The van der Waals surface area contributed by atoms with Gasteiger partial charge in [-0.15, -0.1) is 0 Å². The molecule has 0 aliphatic heterocycles. The summed E-state index contributed by atoms with van der Waals surface area (Å²) >= 11 is 0. The van der Waals surface area contributed by atoms with Crippen LogP contribution < -0.4 is 0 Å². The zero-order chi connectivity index (χ0) is 9.42. The molecule has 1 N–H and O–H groups in total. The highest BCUT2D eigenvalue weighted by molar-refractivity contribution is 5.62. The highest BCUT2D eigenvalue weighted by Gasteiger charge is 2.17. The summed E-state index contributed by atoms with van der Waals surface area (Å²) in [6.45, 7) is 4.14. The lowest BCUT2D eigenvalue weighted by atomic mass is 9.88. The van der Waals surface area contributed by atoms with Crippen molar-refractivity contribution in [1.29, 1.82) is 0 Å². The molecule has 1 atom stereocenters. The van der Waals surface area contributed by atoms with Crippen LogP contribution in [0.2, 0.25) is 0 Å². The van der Waals surface area contributed by atoms with Gasteiger partial charge in [-0.05, 0) is 42.5 Å². The normalized spacial score (nSPS) is 20.1. The molecule has 0 aromatic heterocycles. The minimum Gasteiger partial charge on any atom is -0.388 e. The first kappa shape index (κ1) is 8.52. The maximum absolute atomic E-state index is 9.82. The highest BCUT2D eigenvalue weighted by atomic mass is 16.3. The second-order valence-electron chi connectivity index (χ2n) is 3.68. The maximum Gasteiger partial charge on any atom is 0.0833 e. The fourth-order valence-electron chi connectivity index (χ4n) is 1.95. The van der Waals surface area contributed by atoms with Crippen LogP contribution in [-0.2, 0) is 0 Å². The Morgan fingerprint density at radius 1 is 1.23 bits per heavy atom. The van der Waals surface area contributed by atoms with Crippen molar-refractivity contribution in [3.63, 3.8) is 0 Å². The van der Waals surface area contributed by atoms with E-state index in [0.29, 0.717) is 0 Å². The summed E-state index contributed by atoms with van der Waals surface area (Å²) < 4.78 is 0. The van der Waals surface area contributed by atoms with E-state index in [0.717, 1.165) is 12.0 Å². The molecule has 0 heterocycles. The summed E-state index contributed by atoms with van der Waals surface area (Å²) in [5.41, 5.74) is 4.76. The van der Waals surface area contributed by atoms with Gasteiger partial charge in [-0.1, -0.05) is 24.3 Å². The lowest BCUT2D eigenvalue weighted by molar-refractivity contribution is 0.179. The molecule has 1 aromatic rings. The molecule has 0 saturated carbocycles. The molecule has 13 heavy (non-hydrogen) atoms. The van der Waals surface area contributed by atoms with Crippen LogP contribution in [0.4, 0.5) is 0 Å². The van der Waals surface area contributed by atoms with Gasteiger partial charge < -0.3 is 5.11 Å². The van der Waals surface area contributed by atoms with E-state index >= 15 is 0 Å². The second kappa shape index (κ2) is 3.00. The van der Waals surface area contributed by atoms with E-state index < -0.39 is 0 Å². The van der Waals surface area contributed by atoms with Gasteiger partial charge in [0.2, 0.25) is 0 Å². The largest absolute Gasteiger partial charge is 0.388 e. The molecule has 0 bridgehead atoms. The van der Waals surface area contributed by atoms with E-state index in [1.54, 1.807) is 0 Å². The SMILES string of the molecule is Cc1ccc(C)c2c1C=CC[C@@H]2O. The number of rotatable bonds is 0. The van der Waals surface area contributed by atoms with Crippen LogP contribution in [0.1, 0.15) is 34.8 Å². The molecule has 1 aliphatic carbocycles. The van der Waals surface area contributed by atoms with Gasteiger partial charge in [0.15, 0.2) is 0 Å². The first-order valence-electron chi connectivity index (χ1n) is 4.65. The van der Waals surface area contributed by atoms with Crippen molar-refractivity contribution in [3.05, 3.63) is 40.5 Å². The van der Waals surface area contributed by atoms with Crippen LogP contribution in [0, 0.1) is 13.8 Å². The number of benzene rings is 1. The minimum atomic E-state index is -0.306. The number of hydrogen-bond acceptors (Lipinski definition) is 1. The molecule has 1 nitrogen and oxygen atoms in total. The Labute approximate surface area is 78.7 Å². The first-order chi connectivity index (χ1) is 6.20. The van der Waals surface area contributed by atoms with Crippen LogP contribution in [0.25, 0.3) is 6.08 Å². The summed E-state index contributed by atoms with van der Waals surface area (Å²) in [7, 11) is 0. The Morgan fingerprint density at radius 3 is 2.62 bits per heavy atom. The van der Waals surface area contributed by atoms with E-state index in [1.807, 2.05) is 6.08 Å². The van der Waals surface area contributed by atoms with E-state index in [2.05, 4.69) is 32.1 Å². The Bertz CT molecular complexity index is 364. The van der Waals surface area contributed by atoms with Crippen LogP contribution in [-0.4, -0.2) is 5.11 Å². The third-order valence-electron chi connectivity index (χ3n) is 2.70. The van der Waals surface area contributed by atoms with E-state index in [4.69, 9.17) is 0 Å². The quantitative estimate of drug-likeness (QED) is 0.641. The second-order valence-corrected chi connectivity index (χ2v) is 3.68. The number of aliphatic hydroxyl groups is 1. The molecule has 0 saturated heterocycles. The monoisotopic (exact) mass is 174 g/mol. The topological polar surface area (TPSA) is 20.2 Å². The summed E-state index contributed by atoms with van der Waals surface area (Å²) in [5.74, 6) is 0. The first-order valence-corrected chi connectivity index (χ1v) is 4.65. The van der Waals surface area contributed by atoms with Gasteiger partial charge in [0, 0.05) is 0 Å². The van der Waals surface area contributed by atoms with E-state index in [1.165, 1.54) is 16.7 Å². The Morgan fingerprint density at radius 2 is 1.92 bits per heavy atom. The predicted molar refractivity (Wildman–Crippen MR) is 54.5 cm³/mol. The van der Waals surface area contributed by atoms with Crippen molar-refractivity contribution >= 4 is 6.08 Å². The number of hydrogen-bond donors (Lipinski definition) is 1. The Balaban J connectivity index is 2.69. The lowest BCUT2D eigenvalue weighted by Gasteiger charge is -2.20. The van der Waals surface area contributed by atoms with Crippen molar-refractivity contribution in [1.82, 2.24) is 0 Å². The lowest BCUT2D eigenvalue weighted by Crippen LogP contribution is -2.06. The van der Waals surface area contributed by atoms with Crippen LogP contribution in [0.15, 0.2) is 18.2 Å². The van der Waals surface area contributed by atoms with Crippen LogP contribution >= 0.6 is 0 Å². The van der Waals surface area contributed by atoms with Gasteiger partial charge in [-0.3, -0.25) is 0 Å². The van der Waals surface area contributed by atoms with Crippen LogP contribution in [0.5, 0.6) is 0 Å². The van der Waals surface area contributed by atoms with Gasteiger partial charge in [-0.25, -0.2) is 0 Å². The number of aryl methyl sites for hydroxylation is 2. The summed E-state index contributed by atoms with van der Waals surface area (Å²) in [4.78, 5) is 0. The van der Waals surface area contributed by atoms with Gasteiger partial charge in [0.1, 0.15) is 0 Å². The average molecular weight is 174 g/mol. The molecule has 0 fully saturated rings. The summed E-state index contributed by atoms with van der Waals surface area (Å²) in [6.07, 6.45) is 4.60. The fourth-order valence-corrected chi connectivity index (χ4v) is 1.95. The van der Waals surface area contributed by atoms with Crippen molar-refractivity contribution < 1.29 is 5.11 Å². The van der Waals surface area contributed by atoms with Gasteiger partial charge in [0.25, 0.3) is 0 Å². The Kier molecular flexibility index (Phi) is 1.97. The van der Waals surface area contributed by atoms with Crippen molar-refractivity contribution in [2.75, 3.05) is 0 Å². The predicted octanol–water partition coefficient (Wildman–Crippen LogP) is 2.75. The van der Waals surface area contributed by atoms with Gasteiger partial charge >= 0.3 is 0 Å². The molecule has 2 rings (SSSR count). The molecular formula is C12H14O. The molecule has 0 radical (unpaired) electrons. The summed E-state index contributed by atoms with van der Waals surface area (Å²) in [5, 5.41) is 9.82. The number of aliphatic hydroxyl groups excluding tert-OH is 1. The van der Waals surface area contributed by atoms with Gasteiger partial charge in [0.05, 0.1) is 6.10 Å².